The Bertz CT molecular complexity index is 416. The zero-order valence-electron chi connectivity index (χ0n) is 8.60. The summed E-state index contributed by atoms with van der Waals surface area (Å²) in [6.07, 6.45) is 1.01. The molecule has 2 rings (SSSR count). The highest BCUT2D eigenvalue weighted by molar-refractivity contribution is 8.00. The number of hydrogen-bond acceptors (Lipinski definition) is 4. The van der Waals surface area contributed by atoms with E-state index in [4.69, 9.17) is 5.73 Å². The van der Waals surface area contributed by atoms with Crippen LogP contribution >= 0.6 is 11.8 Å². The Morgan fingerprint density at radius 1 is 1.25 bits per heavy atom. The summed E-state index contributed by atoms with van der Waals surface area (Å²) in [4.78, 5) is 23.4. The first-order chi connectivity index (χ1) is 7.65. The highest BCUT2D eigenvalue weighted by Gasteiger charge is 2.27. The molecule has 3 N–H and O–H groups in total. The summed E-state index contributed by atoms with van der Waals surface area (Å²) in [6.45, 7) is 0. The SMILES string of the molecule is Nc1ccc(SC2CCC(=O)NC2=O)cc1. The average molecular weight is 236 g/mol. The molecule has 1 fully saturated rings. The second kappa shape index (κ2) is 4.57. The van der Waals surface area contributed by atoms with E-state index in [2.05, 4.69) is 5.32 Å². The van der Waals surface area contributed by atoms with Crippen molar-refractivity contribution in [1.29, 1.82) is 0 Å². The van der Waals surface area contributed by atoms with E-state index in [1.807, 2.05) is 12.1 Å². The zero-order valence-corrected chi connectivity index (χ0v) is 9.42. The van der Waals surface area contributed by atoms with Gasteiger partial charge in [-0.25, -0.2) is 0 Å². The maximum Gasteiger partial charge on any atom is 0.240 e. The molecule has 1 aliphatic heterocycles. The second-order valence-electron chi connectivity index (χ2n) is 3.63. The molecule has 1 unspecified atom stereocenters. The lowest BCUT2D eigenvalue weighted by atomic mass is 10.1. The molecule has 16 heavy (non-hydrogen) atoms. The maximum absolute atomic E-state index is 11.5. The van der Waals surface area contributed by atoms with E-state index >= 15 is 0 Å². The van der Waals surface area contributed by atoms with Crippen LogP contribution in [-0.4, -0.2) is 17.1 Å². The summed E-state index contributed by atoms with van der Waals surface area (Å²) in [5, 5.41) is 2.16. The first kappa shape index (κ1) is 11.0. The van der Waals surface area contributed by atoms with Crippen LogP contribution < -0.4 is 11.1 Å². The lowest BCUT2D eigenvalue weighted by Gasteiger charge is -2.20. The number of rotatable bonds is 2. The van der Waals surface area contributed by atoms with Crippen LogP contribution in [0.25, 0.3) is 0 Å². The monoisotopic (exact) mass is 236 g/mol. The van der Waals surface area contributed by atoms with Gasteiger partial charge in [0.2, 0.25) is 11.8 Å². The van der Waals surface area contributed by atoms with Crippen LogP contribution in [0.2, 0.25) is 0 Å². The molecule has 1 heterocycles. The summed E-state index contributed by atoms with van der Waals surface area (Å²) < 4.78 is 0. The molecule has 0 bridgehead atoms. The Labute approximate surface area is 97.6 Å². The van der Waals surface area contributed by atoms with Gasteiger partial charge in [-0.3, -0.25) is 14.9 Å². The summed E-state index contributed by atoms with van der Waals surface area (Å²) in [5.41, 5.74) is 6.27. The Morgan fingerprint density at radius 3 is 2.56 bits per heavy atom. The number of nitrogen functional groups attached to an aromatic ring is 1. The molecule has 0 aromatic heterocycles. The van der Waals surface area contributed by atoms with Crippen molar-refractivity contribution in [2.24, 2.45) is 0 Å². The van der Waals surface area contributed by atoms with Crippen LogP contribution in [0.4, 0.5) is 5.69 Å². The van der Waals surface area contributed by atoms with Crippen molar-refractivity contribution in [3.63, 3.8) is 0 Å². The number of anilines is 1. The van der Waals surface area contributed by atoms with E-state index in [0.717, 1.165) is 4.90 Å². The fourth-order valence-corrected chi connectivity index (χ4v) is 2.52. The van der Waals surface area contributed by atoms with E-state index in [9.17, 15) is 9.59 Å². The molecular weight excluding hydrogens is 224 g/mol. The second-order valence-corrected chi connectivity index (χ2v) is 4.90. The number of thioether (sulfide) groups is 1. The molecule has 0 saturated carbocycles. The minimum Gasteiger partial charge on any atom is -0.399 e. The van der Waals surface area contributed by atoms with Crippen molar-refractivity contribution < 1.29 is 9.59 Å². The zero-order chi connectivity index (χ0) is 11.5. The Hall–Kier alpha value is -1.49. The van der Waals surface area contributed by atoms with Crippen LogP contribution in [-0.2, 0) is 9.59 Å². The molecule has 4 nitrogen and oxygen atoms in total. The van der Waals surface area contributed by atoms with Crippen molar-refractivity contribution in [1.82, 2.24) is 5.32 Å². The van der Waals surface area contributed by atoms with Crippen molar-refractivity contribution in [3.05, 3.63) is 24.3 Å². The quantitative estimate of drug-likeness (QED) is 0.597. The minimum atomic E-state index is -0.196. The molecule has 5 heteroatoms. The van der Waals surface area contributed by atoms with E-state index in [-0.39, 0.29) is 17.1 Å². The van der Waals surface area contributed by atoms with Crippen molar-refractivity contribution in [2.75, 3.05) is 5.73 Å². The lowest BCUT2D eigenvalue weighted by molar-refractivity contribution is -0.132. The summed E-state index contributed by atoms with van der Waals surface area (Å²) in [5.74, 6) is -0.378. The van der Waals surface area contributed by atoms with Gasteiger partial charge in [0.25, 0.3) is 0 Å². The Balaban J connectivity index is 2.02. The largest absolute Gasteiger partial charge is 0.399 e. The van der Waals surface area contributed by atoms with Crippen LogP contribution in [0.15, 0.2) is 29.2 Å². The topological polar surface area (TPSA) is 72.2 Å². The predicted molar refractivity (Wildman–Crippen MR) is 62.9 cm³/mol. The van der Waals surface area contributed by atoms with Gasteiger partial charge in [-0.15, -0.1) is 11.8 Å². The normalized spacial score (nSPS) is 20.6. The number of carbonyl (C=O) groups excluding carboxylic acids is 2. The predicted octanol–water partition coefficient (Wildman–Crippen LogP) is 1.17. The molecule has 1 aromatic carbocycles. The van der Waals surface area contributed by atoms with Gasteiger partial charge in [0.15, 0.2) is 0 Å². The van der Waals surface area contributed by atoms with Crippen molar-refractivity contribution >= 4 is 29.3 Å². The maximum atomic E-state index is 11.5. The molecule has 0 spiro atoms. The van der Waals surface area contributed by atoms with Gasteiger partial charge in [-0.1, -0.05) is 0 Å². The molecule has 1 atom stereocenters. The van der Waals surface area contributed by atoms with Gasteiger partial charge in [0, 0.05) is 17.0 Å². The molecule has 1 saturated heterocycles. The number of amides is 2. The molecule has 84 valence electrons. The molecule has 0 aliphatic carbocycles. The van der Waals surface area contributed by atoms with Crippen LogP contribution in [0.5, 0.6) is 0 Å². The van der Waals surface area contributed by atoms with Crippen LogP contribution in [0.1, 0.15) is 12.8 Å². The number of piperidine rings is 1. The number of benzene rings is 1. The van der Waals surface area contributed by atoms with Gasteiger partial charge in [0.1, 0.15) is 0 Å². The van der Waals surface area contributed by atoms with Crippen LogP contribution in [0.3, 0.4) is 0 Å². The first-order valence-electron chi connectivity index (χ1n) is 5.01. The third-order valence-corrected chi connectivity index (χ3v) is 3.63. The third kappa shape index (κ3) is 2.55. The summed E-state index contributed by atoms with van der Waals surface area (Å²) >= 11 is 1.46. The first-order valence-corrected chi connectivity index (χ1v) is 5.89. The standard InChI is InChI=1S/C11H12N2O2S/c12-7-1-3-8(4-2-7)16-9-5-6-10(14)13-11(9)15/h1-4,9H,5-6,12H2,(H,13,14,15). The van der Waals surface area contributed by atoms with E-state index in [0.29, 0.717) is 18.5 Å². The molecule has 1 aromatic rings. The summed E-state index contributed by atoms with van der Waals surface area (Å²) in [7, 11) is 0. The molecular formula is C11H12N2O2S. The van der Waals surface area contributed by atoms with Crippen molar-refractivity contribution in [2.45, 2.75) is 23.0 Å². The van der Waals surface area contributed by atoms with E-state index in [1.165, 1.54) is 11.8 Å². The van der Waals surface area contributed by atoms with Crippen molar-refractivity contribution in [3.8, 4) is 0 Å². The number of imide groups is 1. The van der Waals surface area contributed by atoms with Gasteiger partial charge >= 0.3 is 0 Å². The molecule has 1 aliphatic rings. The number of hydrogen-bond donors (Lipinski definition) is 2. The number of carbonyl (C=O) groups is 2. The fourth-order valence-electron chi connectivity index (χ4n) is 1.50. The van der Waals surface area contributed by atoms with Gasteiger partial charge < -0.3 is 5.73 Å². The van der Waals surface area contributed by atoms with E-state index < -0.39 is 0 Å². The lowest BCUT2D eigenvalue weighted by Crippen LogP contribution is -2.42. The Morgan fingerprint density at radius 2 is 1.94 bits per heavy atom. The molecule has 2 amide bonds. The van der Waals surface area contributed by atoms with Gasteiger partial charge in [-0.05, 0) is 30.7 Å². The molecule has 0 radical (unpaired) electrons. The third-order valence-electron chi connectivity index (χ3n) is 2.35. The minimum absolute atomic E-state index is 0.179. The Kier molecular flexibility index (Phi) is 3.14. The van der Waals surface area contributed by atoms with Gasteiger partial charge in [-0.2, -0.15) is 0 Å². The number of nitrogens with two attached hydrogens (primary N) is 1. The van der Waals surface area contributed by atoms with Gasteiger partial charge in [0.05, 0.1) is 5.25 Å². The fraction of sp³-hybridized carbons (Fsp3) is 0.273. The van der Waals surface area contributed by atoms with E-state index in [1.54, 1.807) is 12.1 Å². The number of nitrogens with one attached hydrogen (secondary N) is 1. The summed E-state index contributed by atoms with van der Waals surface area (Å²) in [6, 6.07) is 7.36. The highest BCUT2D eigenvalue weighted by atomic mass is 32.2. The average Bonchev–Trinajstić information content (AvgIpc) is 2.25. The van der Waals surface area contributed by atoms with Crippen LogP contribution in [0, 0.1) is 0 Å². The smallest absolute Gasteiger partial charge is 0.240 e. The highest BCUT2D eigenvalue weighted by Crippen LogP contribution is 2.28.